The van der Waals surface area contributed by atoms with E-state index in [-0.39, 0.29) is 12.1 Å². The molecule has 1 saturated carbocycles. The third-order valence-electron chi connectivity index (χ3n) is 3.56. The van der Waals surface area contributed by atoms with Crippen LogP contribution in [0.25, 0.3) is 0 Å². The second kappa shape index (κ2) is 10.2. The molecule has 104 valence electrons. The van der Waals surface area contributed by atoms with Gasteiger partial charge in [0.2, 0.25) is 0 Å². The molecule has 0 N–H and O–H groups in total. The lowest BCUT2D eigenvalue weighted by atomic mass is 9.98. The minimum absolute atomic E-state index is 0.143. The monoisotopic (exact) mass is 252 g/mol. The molecule has 0 unspecified atom stereocenters. The van der Waals surface area contributed by atoms with Crippen LogP contribution in [0.1, 0.15) is 77.6 Å². The van der Waals surface area contributed by atoms with Crippen molar-refractivity contribution in [1.29, 1.82) is 0 Å². The van der Waals surface area contributed by atoms with Gasteiger partial charge in [0, 0.05) is 6.08 Å². The topological polar surface area (TPSA) is 26.3 Å². The van der Waals surface area contributed by atoms with Crippen molar-refractivity contribution < 1.29 is 9.53 Å². The van der Waals surface area contributed by atoms with Gasteiger partial charge in [-0.05, 0) is 38.5 Å². The molecule has 0 aliphatic heterocycles. The highest BCUT2D eigenvalue weighted by atomic mass is 16.5. The fraction of sp³-hybridized carbons (Fsp3) is 0.812. The average Bonchev–Trinajstić information content (AvgIpc) is 2.39. The molecule has 0 bridgehead atoms. The Morgan fingerprint density at radius 1 is 1.11 bits per heavy atom. The van der Waals surface area contributed by atoms with Crippen molar-refractivity contribution in [1.82, 2.24) is 0 Å². The molecule has 0 aromatic carbocycles. The molecule has 1 aliphatic carbocycles. The fourth-order valence-electron chi connectivity index (χ4n) is 2.43. The van der Waals surface area contributed by atoms with E-state index in [0.717, 1.165) is 19.3 Å². The first-order valence-electron chi connectivity index (χ1n) is 7.70. The number of ether oxygens (including phenoxy) is 1. The highest BCUT2D eigenvalue weighted by molar-refractivity contribution is 5.82. The molecule has 0 atom stereocenters. The number of carbonyl (C=O) groups excluding carboxylic acids is 1. The molecule has 1 aliphatic rings. The van der Waals surface area contributed by atoms with Crippen LogP contribution >= 0.6 is 0 Å². The van der Waals surface area contributed by atoms with Gasteiger partial charge in [-0.3, -0.25) is 0 Å². The minimum Gasteiger partial charge on any atom is -0.459 e. The van der Waals surface area contributed by atoms with E-state index in [4.69, 9.17) is 4.74 Å². The maximum Gasteiger partial charge on any atom is 0.330 e. The lowest BCUT2D eigenvalue weighted by molar-refractivity contribution is -0.144. The van der Waals surface area contributed by atoms with E-state index in [0.29, 0.717) is 0 Å². The first-order valence-corrected chi connectivity index (χ1v) is 7.70. The van der Waals surface area contributed by atoms with E-state index in [2.05, 4.69) is 6.92 Å². The van der Waals surface area contributed by atoms with E-state index in [9.17, 15) is 4.79 Å². The quantitative estimate of drug-likeness (QED) is 0.353. The summed E-state index contributed by atoms with van der Waals surface area (Å²) in [6.45, 7) is 2.22. The Labute approximate surface area is 112 Å². The van der Waals surface area contributed by atoms with Gasteiger partial charge in [-0.25, -0.2) is 4.79 Å². The van der Waals surface area contributed by atoms with E-state index >= 15 is 0 Å². The van der Waals surface area contributed by atoms with Crippen LogP contribution in [0.5, 0.6) is 0 Å². The van der Waals surface area contributed by atoms with Gasteiger partial charge in [0.15, 0.2) is 0 Å². The van der Waals surface area contributed by atoms with Crippen LogP contribution in [0.15, 0.2) is 12.2 Å². The van der Waals surface area contributed by atoms with Crippen molar-refractivity contribution in [3.8, 4) is 0 Å². The number of allylic oxidation sites excluding steroid dienone is 1. The Bertz CT molecular complexity index is 239. The highest BCUT2D eigenvalue weighted by Crippen LogP contribution is 2.20. The smallest absolute Gasteiger partial charge is 0.330 e. The Kier molecular flexibility index (Phi) is 8.62. The van der Waals surface area contributed by atoms with Gasteiger partial charge in [-0.1, -0.05) is 45.1 Å². The zero-order valence-electron chi connectivity index (χ0n) is 11.8. The largest absolute Gasteiger partial charge is 0.459 e. The van der Waals surface area contributed by atoms with Gasteiger partial charge in [0.1, 0.15) is 6.10 Å². The Balaban J connectivity index is 2.00. The summed E-state index contributed by atoms with van der Waals surface area (Å²) in [5.41, 5.74) is 0. The van der Waals surface area contributed by atoms with Crippen LogP contribution in [0.4, 0.5) is 0 Å². The first-order chi connectivity index (χ1) is 8.83. The molecule has 0 aromatic rings. The molecule has 18 heavy (non-hydrogen) atoms. The molecular weight excluding hydrogens is 224 g/mol. The summed E-state index contributed by atoms with van der Waals surface area (Å²) in [5, 5.41) is 0. The molecule has 0 radical (unpaired) electrons. The summed E-state index contributed by atoms with van der Waals surface area (Å²) >= 11 is 0. The standard InChI is InChI=1S/C16H28O2/c1-2-3-4-5-6-7-11-14-16(17)18-15-12-9-8-10-13-15/h11,14-15H,2-10,12-13H2,1H3. The summed E-state index contributed by atoms with van der Waals surface area (Å²) in [5.74, 6) is -0.143. The molecule has 0 saturated heterocycles. The van der Waals surface area contributed by atoms with Crippen molar-refractivity contribution in [2.75, 3.05) is 0 Å². The molecule has 0 heterocycles. The Morgan fingerprint density at radius 3 is 2.56 bits per heavy atom. The predicted molar refractivity (Wildman–Crippen MR) is 75.5 cm³/mol. The van der Waals surface area contributed by atoms with Crippen molar-refractivity contribution in [2.45, 2.75) is 83.7 Å². The predicted octanol–water partition coefficient (Wildman–Crippen LogP) is 4.78. The van der Waals surface area contributed by atoms with E-state index in [1.807, 2.05) is 6.08 Å². The van der Waals surface area contributed by atoms with Crippen molar-refractivity contribution in [3.63, 3.8) is 0 Å². The fourth-order valence-corrected chi connectivity index (χ4v) is 2.43. The summed E-state index contributed by atoms with van der Waals surface area (Å²) in [6, 6.07) is 0. The summed E-state index contributed by atoms with van der Waals surface area (Å²) in [4.78, 5) is 11.5. The third kappa shape index (κ3) is 7.52. The number of unbranched alkanes of at least 4 members (excludes halogenated alkanes) is 5. The summed E-state index contributed by atoms with van der Waals surface area (Å²) in [6.07, 6.45) is 17.0. The van der Waals surface area contributed by atoms with Gasteiger partial charge in [-0.2, -0.15) is 0 Å². The summed E-state index contributed by atoms with van der Waals surface area (Å²) in [7, 11) is 0. The van der Waals surface area contributed by atoms with Crippen LogP contribution in [0, 0.1) is 0 Å². The zero-order valence-corrected chi connectivity index (χ0v) is 11.8. The van der Waals surface area contributed by atoms with Gasteiger partial charge in [-0.15, -0.1) is 0 Å². The number of esters is 1. The molecule has 2 nitrogen and oxygen atoms in total. The maximum absolute atomic E-state index is 11.5. The second-order valence-electron chi connectivity index (χ2n) is 5.30. The highest BCUT2D eigenvalue weighted by Gasteiger charge is 2.15. The molecule has 0 amide bonds. The third-order valence-corrected chi connectivity index (χ3v) is 3.56. The van der Waals surface area contributed by atoms with Gasteiger partial charge >= 0.3 is 5.97 Å². The molecular formula is C16H28O2. The number of hydrogen-bond donors (Lipinski definition) is 0. The number of rotatable bonds is 8. The summed E-state index contributed by atoms with van der Waals surface area (Å²) < 4.78 is 5.41. The second-order valence-corrected chi connectivity index (χ2v) is 5.30. The Hall–Kier alpha value is -0.790. The first kappa shape index (κ1) is 15.3. The number of hydrogen-bond acceptors (Lipinski definition) is 2. The van der Waals surface area contributed by atoms with Crippen molar-refractivity contribution in [3.05, 3.63) is 12.2 Å². The Morgan fingerprint density at radius 2 is 1.83 bits per heavy atom. The lowest BCUT2D eigenvalue weighted by Crippen LogP contribution is -2.19. The van der Waals surface area contributed by atoms with E-state index in [1.54, 1.807) is 6.08 Å². The van der Waals surface area contributed by atoms with Gasteiger partial charge in [0.25, 0.3) is 0 Å². The maximum atomic E-state index is 11.5. The van der Waals surface area contributed by atoms with Crippen LogP contribution in [0.2, 0.25) is 0 Å². The van der Waals surface area contributed by atoms with Crippen molar-refractivity contribution in [2.24, 2.45) is 0 Å². The molecule has 2 heteroatoms. The van der Waals surface area contributed by atoms with E-state index in [1.165, 1.54) is 51.4 Å². The normalized spacial score (nSPS) is 17.2. The SMILES string of the molecule is CCCCCCCC=CC(=O)OC1CCCCC1. The zero-order chi connectivity index (χ0) is 13.1. The van der Waals surface area contributed by atoms with Gasteiger partial charge in [0.05, 0.1) is 0 Å². The van der Waals surface area contributed by atoms with Crippen molar-refractivity contribution >= 4 is 5.97 Å². The molecule has 1 rings (SSSR count). The minimum atomic E-state index is -0.143. The van der Waals surface area contributed by atoms with Crippen LogP contribution in [-0.4, -0.2) is 12.1 Å². The van der Waals surface area contributed by atoms with Gasteiger partial charge < -0.3 is 4.74 Å². The van der Waals surface area contributed by atoms with E-state index < -0.39 is 0 Å². The molecule has 0 aromatic heterocycles. The molecule has 0 spiro atoms. The van der Waals surface area contributed by atoms with Crippen LogP contribution in [-0.2, 0) is 9.53 Å². The molecule has 1 fully saturated rings. The average molecular weight is 252 g/mol. The number of carbonyl (C=O) groups is 1. The lowest BCUT2D eigenvalue weighted by Gasteiger charge is -2.20. The van der Waals surface area contributed by atoms with Crippen LogP contribution in [0.3, 0.4) is 0 Å². The van der Waals surface area contributed by atoms with Crippen LogP contribution < -0.4 is 0 Å².